The van der Waals surface area contributed by atoms with Crippen LogP contribution in [0, 0.1) is 0 Å². The highest BCUT2D eigenvalue weighted by Gasteiger charge is 2.75. The predicted molar refractivity (Wildman–Crippen MR) is 163 cm³/mol. The standard InChI is InChI=1S/C15H24.C14H30O12S2/c1-2-3-4-5-6-7-9-12-15-13-10-8-11-14-15;1-7-19-13(20-8-2,27(15,16)25-23-11-5)14(21-9-3,22-10-4)28(17,18)26-24-12-6/h8,10-11,13-14H,2-7,9,12H2,1H3;7-12H2,1-6H3. The molecule has 0 spiro atoms. The van der Waals surface area contributed by atoms with Crippen molar-refractivity contribution < 1.29 is 54.2 Å². The van der Waals surface area contributed by atoms with Crippen LogP contribution in [0.4, 0.5) is 0 Å². The van der Waals surface area contributed by atoms with Gasteiger partial charge in [0.25, 0.3) is 0 Å². The summed E-state index contributed by atoms with van der Waals surface area (Å²) in [6.07, 6.45) is 11.1. The lowest BCUT2D eigenvalue weighted by molar-refractivity contribution is -0.347. The normalized spacial score (nSPS) is 12.6. The molecule has 0 N–H and O–H groups in total. The first-order chi connectivity index (χ1) is 20.5. The Hall–Kier alpha value is -1.20. The van der Waals surface area contributed by atoms with E-state index in [9.17, 15) is 16.8 Å². The van der Waals surface area contributed by atoms with Gasteiger partial charge in [-0.1, -0.05) is 75.8 Å². The van der Waals surface area contributed by atoms with Crippen LogP contribution >= 0.6 is 0 Å². The van der Waals surface area contributed by atoms with E-state index in [1.807, 2.05) is 0 Å². The quantitative estimate of drug-likeness (QED) is 0.0525. The smallest absolute Gasteiger partial charge is 0.331 e. The number of aryl methyl sites for hydroxylation is 1. The largest absolute Gasteiger partial charge is 0.377 e. The lowest BCUT2D eigenvalue weighted by atomic mass is 10.0. The van der Waals surface area contributed by atoms with Crippen molar-refractivity contribution in [2.24, 2.45) is 0 Å². The van der Waals surface area contributed by atoms with Gasteiger partial charge in [0, 0.05) is 26.4 Å². The van der Waals surface area contributed by atoms with Gasteiger partial charge in [-0.15, -0.1) is 8.67 Å². The molecule has 43 heavy (non-hydrogen) atoms. The molecule has 12 nitrogen and oxygen atoms in total. The van der Waals surface area contributed by atoms with Gasteiger partial charge in [0.15, 0.2) is 0 Å². The topological polar surface area (TPSA) is 142 Å². The summed E-state index contributed by atoms with van der Waals surface area (Å²) in [6.45, 7) is 9.12. The van der Waals surface area contributed by atoms with Gasteiger partial charge in [0.05, 0.1) is 13.2 Å². The third-order valence-corrected chi connectivity index (χ3v) is 8.80. The summed E-state index contributed by atoms with van der Waals surface area (Å²) < 4.78 is 82.0. The SMILES string of the molecule is CCCCCCCCCc1ccccc1.CCOOS(=O)(=O)C(OCC)(OCC)C(OCC)(OCC)S(=O)(=O)OOCC. The fourth-order valence-electron chi connectivity index (χ4n) is 4.04. The number of hydrogen-bond donors (Lipinski definition) is 0. The Bertz CT molecular complexity index is 949. The van der Waals surface area contributed by atoms with Crippen LogP contribution in [0.3, 0.4) is 0 Å². The van der Waals surface area contributed by atoms with Gasteiger partial charge in [-0.3, -0.25) is 0 Å². The molecule has 0 saturated heterocycles. The number of benzene rings is 1. The van der Waals surface area contributed by atoms with Crippen LogP contribution in [0.2, 0.25) is 0 Å². The molecule has 0 fully saturated rings. The van der Waals surface area contributed by atoms with Crippen LogP contribution in [-0.2, 0) is 64.0 Å². The highest BCUT2D eigenvalue weighted by molar-refractivity contribution is 7.92. The lowest BCUT2D eigenvalue weighted by Crippen LogP contribution is -2.69. The van der Waals surface area contributed by atoms with Crippen LogP contribution in [0.1, 0.15) is 99.0 Å². The molecule has 0 unspecified atom stereocenters. The molecule has 0 bridgehead atoms. The summed E-state index contributed by atoms with van der Waals surface area (Å²) in [7, 11) is -10.2. The van der Waals surface area contributed by atoms with Gasteiger partial charge in [-0.05, 0) is 59.9 Å². The summed E-state index contributed by atoms with van der Waals surface area (Å²) in [5.41, 5.74) is 1.49. The summed E-state index contributed by atoms with van der Waals surface area (Å²) >= 11 is 0. The molecular formula is C29H54O12S2. The molecule has 1 aromatic rings. The average Bonchev–Trinajstić information content (AvgIpc) is 2.99. The van der Waals surface area contributed by atoms with Crippen molar-refractivity contribution in [3.05, 3.63) is 35.9 Å². The Morgan fingerprint density at radius 1 is 0.512 bits per heavy atom. The van der Waals surface area contributed by atoms with Crippen molar-refractivity contribution in [3.8, 4) is 0 Å². The minimum absolute atomic E-state index is 0.175. The average molecular weight is 659 g/mol. The van der Waals surface area contributed by atoms with E-state index in [-0.39, 0.29) is 39.6 Å². The Morgan fingerprint density at radius 3 is 1.23 bits per heavy atom. The second-order valence-corrected chi connectivity index (χ2v) is 12.2. The maximum absolute atomic E-state index is 13.0. The Morgan fingerprint density at radius 2 is 0.884 bits per heavy atom. The van der Waals surface area contributed by atoms with E-state index in [0.717, 1.165) is 0 Å². The maximum Gasteiger partial charge on any atom is 0.377 e. The number of ether oxygens (including phenoxy) is 4. The first-order valence-electron chi connectivity index (χ1n) is 15.3. The molecule has 14 heteroatoms. The van der Waals surface area contributed by atoms with E-state index in [1.165, 1.54) is 98.5 Å². The van der Waals surface area contributed by atoms with Crippen LogP contribution in [0.15, 0.2) is 30.3 Å². The van der Waals surface area contributed by atoms with Crippen LogP contribution in [-0.4, -0.2) is 66.7 Å². The predicted octanol–water partition coefficient (Wildman–Crippen LogP) is 6.02. The van der Waals surface area contributed by atoms with Gasteiger partial charge in [-0.25, -0.2) is 9.78 Å². The summed E-state index contributed by atoms with van der Waals surface area (Å²) in [4.78, 5) is 9.03. The van der Waals surface area contributed by atoms with E-state index in [4.69, 9.17) is 18.9 Å². The van der Waals surface area contributed by atoms with Gasteiger partial charge in [0.1, 0.15) is 0 Å². The van der Waals surface area contributed by atoms with Crippen molar-refractivity contribution in [2.75, 3.05) is 39.6 Å². The summed E-state index contributed by atoms with van der Waals surface area (Å²) in [6, 6.07) is 10.8. The Kier molecular flexibility index (Phi) is 22.5. The zero-order chi connectivity index (χ0) is 32.7. The molecule has 1 aromatic carbocycles. The van der Waals surface area contributed by atoms with Crippen molar-refractivity contribution in [3.63, 3.8) is 0 Å². The van der Waals surface area contributed by atoms with Crippen molar-refractivity contribution in [2.45, 2.75) is 110 Å². The molecule has 0 aliphatic rings. The molecule has 0 aliphatic heterocycles. The van der Waals surface area contributed by atoms with Crippen molar-refractivity contribution in [1.82, 2.24) is 0 Å². The maximum atomic E-state index is 13.0. The summed E-state index contributed by atoms with van der Waals surface area (Å²) in [5.74, 6) is 0. The monoisotopic (exact) mass is 658 g/mol. The summed E-state index contributed by atoms with van der Waals surface area (Å²) in [5, 5.41) is -6.33. The fraction of sp³-hybridized carbons (Fsp3) is 0.793. The first-order valence-corrected chi connectivity index (χ1v) is 18.1. The van der Waals surface area contributed by atoms with Gasteiger partial charge < -0.3 is 18.9 Å². The van der Waals surface area contributed by atoms with Crippen LogP contribution < -0.4 is 0 Å². The molecule has 0 aromatic heterocycles. The first kappa shape index (κ1) is 41.8. The molecular weight excluding hydrogens is 604 g/mol. The molecule has 0 aliphatic carbocycles. The number of rotatable bonds is 25. The van der Waals surface area contributed by atoms with E-state index < -0.39 is 30.5 Å². The zero-order valence-corrected chi connectivity index (χ0v) is 28.6. The van der Waals surface area contributed by atoms with E-state index in [1.54, 1.807) is 0 Å². The van der Waals surface area contributed by atoms with Crippen molar-refractivity contribution in [1.29, 1.82) is 0 Å². The molecule has 0 radical (unpaired) electrons. The highest BCUT2D eigenvalue weighted by Crippen LogP contribution is 2.43. The fourth-order valence-corrected chi connectivity index (χ4v) is 7.17. The molecule has 1 rings (SSSR count). The minimum Gasteiger partial charge on any atom is -0.331 e. The minimum atomic E-state index is -5.11. The van der Waals surface area contributed by atoms with Crippen molar-refractivity contribution >= 4 is 20.2 Å². The highest BCUT2D eigenvalue weighted by atomic mass is 32.2. The van der Waals surface area contributed by atoms with Gasteiger partial charge >= 0.3 is 30.5 Å². The zero-order valence-electron chi connectivity index (χ0n) is 27.0. The van der Waals surface area contributed by atoms with Crippen LogP contribution in [0.5, 0.6) is 0 Å². The third kappa shape index (κ3) is 13.0. The molecule has 0 saturated carbocycles. The Labute approximate surface area is 259 Å². The number of unbranched alkanes of at least 4 members (excludes halogenated alkanes) is 6. The van der Waals surface area contributed by atoms with E-state index in [2.05, 4.69) is 55.7 Å². The Balaban J connectivity index is 0.000000981. The molecule has 0 heterocycles. The third-order valence-electron chi connectivity index (χ3n) is 5.79. The molecule has 0 amide bonds. The molecule has 254 valence electrons. The van der Waals surface area contributed by atoms with E-state index in [0.29, 0.717) is 0 Å². The second-order valence-electron chi connectivity index (χ2n) is 9.06. The number of hydrogen-bond acceptors (Lipinski definition) is 12. The lowest BCUT2D eigenvalue weighted by Gasteiger charge is -2.43. The van der Waals surface area contributed by atoms with Gasteiger partial charge in [0.2, 0.25) is 0 Å². The molecule has 0 atom stereocenters. The van der Waals surface area contributed by atoms with Crippen LogP contribution in [0.25, 0.3) is 0 Å². The van der Waals surface area contributed by atoms with Gasteiger partial charge in [-0.2, -0.15) is 16.8 Å². The van der Waals surface area contributed by atoms with E-state index >= 15 is 0 Å². The second kappa shape index (κ2) is 23.2.